The largest absolute Gasteiger partial charge is 0.436 e. The fourth-order valence-electron chi connectivity index (χ4n) is 3.26. The van der Waals surface area contributed by atoms with Crippen molar-refractivity contribution in [2.45, 2.75) is 32.4 Å². The van der Waals surface area contributed by atoms with Crippen LogP contribution < -0.4 is 5.32 Å². The monoisotopic (exact) mass is 335 g/mol. The summed E-state index contributed by atoms with van der Waals surface area (Å²) < 4.78 is 32.1. The Kier molecular flexibility index (Phi) is 4.36. The molecular weight excluding hydrogens is 316 g/mol. The molecule has 1 N–H and O–H groups in total. The molecule has 3 rings (SSSR count). The van der Waals surface area contributed by atoms with Crippen molar-refractivity contribution >= 4 is 5.91 Å². The summed E-state index contributed by atoms with van der Waals surface area (Å²) in [5.41, 5.74) is 1.16. The van der Waals surface area contributed by atoms with E-state index in [2.05, 4.69) is 10.3 Å². The molecular formula is C17H19F2N3O2. The number of carbonyl (C=O) groups is 1. The summed E-state index contributed by atoms with van der Waals surface area (Å²) in [4.78, 5) is 18.5. The number of nitrogens with one attached hydrogen (secondary N) is 1. The Morgan fingerprint density at radius 2 is 2.08 bits per heavy atom. The van der Waals surface area contributed by atoms with Crippen LogP contribution >= 0.6 is 0 Å². The van der Waals surface area contributed by atoms with Crippen molar-refractivity contribution in [3.63, 3.8) is 0 Å². The molecule has 1 fully saturated rings. The Morgan fingerprint density at radius 3 is 2.71 bits per heavy atom. The molecule has 1 aliphatic rings. The SMILES string of the molecule is Cc1nc(C)c(C(=O)N[C@@H]2CCN(C)[C@@H]2c2ccc(F)c(F)c2)o1. The van der Waals surface area contributed by atoms with Crippen LogP contribution in [0.25, 0.3) is 0 Å². The first-order valence-corrected chi connectivity index (χ1v) is 7.77. The van der Waals surface area contributed by atoms with Crippen molar-refractivity contribution in [2.75, 3.05) is 13.6 Å². The summed E-state index contributed by atoms with van der Waals surface area (Å²) in [6, 6.07) is 3.39. The number of carbonyl (C=O) groups excluding carboxylic acids is 1. The highest BCUT2D eigenvalue weighted by atomic mass is 19.2. The van der Waals surface area contributed by atoms with E-state index >= 15 is 0 Å². The summed E-state index contributed by atoms with van der Waals surface area (Å²) in [5.74, 6) is -1.50. The molecule has 128 valence electrons. The Hall–Kier alpha value is -2.28. The first kappa shape index (κ1) is 16.6. The van der Waals surface area contributed by atoms with Gasteiger partial charge in [-0.3, -0.25) is 9.69 Å². The van der Waals surface area contributed by atoms with Crippen LogP contribution in [0.1, 0.15) is 40.2 Å². The molecule has 1 aliphatic heterocycles. The highest BCUT2D eigenvalue weighted by Crippen LogP contribution is 2.32. The van der Waals surface area contributed by atoms with E-state index in [0.29, 0.717) is 23.6 Å². The van der Waals surface area contributed by atoms with E-state index in [4.69, 9.17) is 4.42 Å². The van der Waals surface area contributed by atoms with E-state index in [-0.39, 0.29) is 23.8 Å². The minimum absolute atomic E-state index is 0.186. The van der Waals surface area contributed by atoms with Gasteiger partial charge < -0.3 is 9.73 Å². The maximum atomic E-state index is 13.6. The van der Waals surface area contributed by atoms with Gasteiger partial charge in [0.1, 0.15) is 0 Å². The lowest BCUT2D eigenvalue weighted by atomic mass is 9.99. The van der Waals surface area contributed by atoms with Gasteiger partial charge in [-0.1, -0.05) is 6.07 Å². The van der Waals surface area contributed by atoms with Gasteiger partial charge in [0.25, 0.3) is 5.91 Å². The Morgan fingerprint density at radius 1 is 1.33 bits per heavy atom. The number of aryl methyl sites for hydroxylation is 2. The molecule has 0 unspecified atom stereocenters. The second-order valence-electron chi connectivity index (χ2n) is 6.12. The molecule has 24 heavy (non-hydrogen) atoms. The van der Waals surface area contributed by atoms with Crippen LogP contribution in [0.4, 0.5) is 8.78 Å². The molecule has 0 radical (unpaired) electrons. The van der Waals surface area contributed by atoms with Crippen molar-refractivity contribution in [2.24, 2.45) is 0 Å². The first-order valence-electron chi connectivity index (χ1n) is 7.77. The normalized spacial score (nSPS) is 21.2. The number of hydrogen-bond donors (Lipinski definition) is 1. The lowest BCUT2D eigenvalue weighted by Gasteiger charge is -2.26. The number of nitrogens with zero attached hydrogens (tertiary/aromatic N) is 2. The fraction of sp³-hybridized carbons (Fsp3) is 0.412. The molecule has 1 aromatic heterocycles. The molecule has 1 saturated heterocycles. The quantitative estimate of drug-likeness (QED) is 0.937. The first-order chi connectivity index (χ1) is 11.4. The predicted octanol–water partition coefficient (Wildman–Crippen LogP) is 2.74. The van der Waals surface area contributed by atoms with Crippen LogP contribution in [0, 0.1) is 25.5 Å². The number of likely N-dealkylation sites (N-methyl/N-ethyl adjacent to an activating group) is 1. The minimum atomic E-state index is -0.889. The standard InChI is InChI=1S/C17H19F2N3O2/c1-9-16(24-10(2)20-9)17(23)21-14-6-7-22(3)15(14)11-4-5-12(18)13(19)8-11/h4-5,8,14-15H,6-7H2,1-3H3,(H,21,23)/t14-,15-/m1/s1. The van der Waals surface area contributed by atoms with Gasteiger partial charge in [0.15, 0.2) is 17.5 Å². The van der Waals surface area contributed by atoms with E-state index in [0.717, 1.165) is 12.6 Å². The third-order valence-electron chi connectivity index (χ3n) is 4.36. The zero-order valence-corrected chi connectivity index (χ0v) is 13.8. The van der Waals surface area contributed by atoms with Gasteiger partial charge in [-0.05, 0) is 38.1 Å². The Bertz CT molecular complexity index is 775. The molecule has 2 atom stereocenters. The molecule has 1 amide bonds. The third-order valence-corrected chi connectivity index (χ3v) is 4.36. The van der Waals surface area contributed by atoms with Gasteiger partial charge >= 0.3 is 0 Å². The lowest BCUT2D eigenvalue weighted by molar-refractivity contribution is 0.0897. The molecule has 0 saturated carbocycles. The zero-order valence-electron chi connectivity index (χ0n) is 13.8. The van der Waals surface area contributed by atoms with Crippen molar-refractivity contribution < 1.29 is 18.0 Å². The Labute approximate surface area is 138 Å². The summed E-state index contributed by atoms with van der Waals surface area (Å²) in [6.07, 6.45) is 0.706. The molecule has 0 spiro atoms. The number of hydrogen-bond acceptors (Lipinski definition) is 4. The van der Waals surface area contributed by atoms with E-state index < -0.39 is 11.6 Å². The van der Waals surface area contributed by atoms with Crippen molar-refractivity contribution in [1.29, 1.82) is 0 Å². The number of likely N-dealkylation sites (tertiary alicyclic amines) is 1. The number of halogens is 2. The molecule has 1 aromatic carbocycles. The van der Waals surface area contributed by atoms with Gasteiger partial charge in [0.2, 0.25) is 5.76 Å². The van der Waals surface area contributed by atoms with Crippen LogP contribution in [0.5, 0.6) is 0 Å². The minimum Gasteiger partial charge on any atom is -0.436 e. The predicted molar refractivity (Wildman–Crippen MR) is 83.6 cm³/mol. The van der Waals surface area contributed by atoms with Crippen molar-refractivity contribution in [1.82, 2.24) is 15.2 Å². The van der Waals surface area contributed by atoms with Crippen LogP contribution in [0.2, 0.25) is 0 Å². The molecule has 2 heterocycles. The highest BCUT2D eigenvalue weighted by Gasteiger charge is 2.35. The molecule has 2 aromatic rings. The average molecular weight is 335 g/mol. The van der Waals surface area contributed by atoms with Crippen LogP contribution in [-0.2, 0) is 0 Å². The van der Waals surface area contributed by atoms with Crippen LogP contribution in [0.3, 0.4) is 0 Å². The number of amides is 1. The smallest absolute Gasteiger partial charge is 0.289 e. The Balaban J connectivity index is 1.82. The van der Waals surface area contributed by atoms with Crippen LogP contribution in [0.15, 0.2) is 22.6 Å². The van der Waals surface area contributed by atoms with Crippen molar-refractivity contribution in [3.8, 4) is 0 Å². The number of rotatable bonds is 3. The maximum Gasteiger partial charge on any atom is 0.289 e. The maximum absolute atomic E-state index is 13.6. The molecule has 0 bridgehead atoms. The summed E-state index contributed by atoms with van der Waals surface area (Å²) in [5, 5.41) is 2.93. The number of aromatic nitrogens is 1. The van der Waals surface area contributed by atoms with E-state index in [1.54, 1.807) is 19.9 Å². The van der Waals surface area contributed by atoms with Crippen LogP contribution in [-0.4, -0.2) is 35.4 Å². The fourth-order valence-corrected chi connectivity index (χ4v) is 3.26. The average Bonchev–Trinajstić information content (AvgIpc) is 3.04. The van der Waals surface area contributed by atoms with Gasteiger partial charge in [-0.15, -0.1) is 0 Å². The second kappa shape index (κ2) is 6.32. The molecule has 0 aliphatic carbocycles. The van der Waals surface area contributed by atoms with E-state index in [1.807, 2.05) is 11.9 Å². The van der Waals surface area contributed by atoms with Gasteiger partial charge in [0.05, 0.1) is 17.8 Å². The topological polar surface area (TPSA) is 58.4 Å². The van der Waals surface area contributed by atoms with Gasteiger partial charge in [0, 0.05) is 13.5 Å². The molecule has 7 heteroatoms. The van der Waals surface area contributed by atoms with E-state index in [1.165, 1.54) is 6.07 Å². The summed E-state index contributed by atoms with van der Waals surface area (Å²) in [6.45, 7) is 4.12. The van der Waals surface area contributed by atoms with Gasteiger partial charge in [-0.2, -0.15) is 0 Å². The van der Waals surface area contributed by atoms with Crippen molar-refractivity contribution in [3.05, 3.63) is 52.7 Å². The third kappa shape index (κ3) is 3.03. The summed E-state index contributed by atoms with van der Waals surface area (Å²) >= 11 is 0. The number of oxazole rings is 1. The highest BCUT2D eigenvalue weighted by molar-refractivity contribution is 5.92. The van der Waals surface area contributed by atoms with Gasteiger partial charge in [-0.25, -0.2) is 13.8 Å². The zero-order chi connectivity index (χ0) is 17.4. The van der Waals surface area contributed by atoms with E-state index in [9.17, 15) is 13.6 Å². The summed E-state index contributed by atoms with van der Waals surface area (Å²) in [7, 11) is 1.89. The number of benzene rings is 1. The molecule has 5 nitrogen and oxygen atoms in total. The lowest BCUT2D eigenvalue weighted by Crippen LogP contribution is -2.39. The second-order valence-corrected chi connectivity index (χ2v) is 6.12.